The van der Waals surface area contributed by atoms with E-state index in [0.717, 1.165) is 3.92 Å². The molecule has 0 aliphatic carbocycles. The summed E-state index contributed by atoms with van der Waals surface area (Å²) >= 11 is -1.39. The standard InChI is InChI=1S/C10H22IN/c1-4-10(3)11(5-2)6-8-12-9-7-11/h5,10,12H,4,6-9H2,1-3H3. The van der Waals surface area contributed by atoms with Crippen LogP contribution in [-0.2, 0) is 0 Å². The van der Waals surface area contributed by atoms with Gasteiger partial charge in [0.15, 0.2) is 0 Å². The van der Waals surface area contributed by atoms with Crippen LogP contribution in [-0.4, -0.2) is 29.9 Å². The molecule has 1 aliphatic heterocycles. The maximum absolute atomic E-state index is 3.48. The summed E-state index contributed by atoms with van der Waals surface area (Å²) < 4.78 is 6.68. The Morgan fingerprint density at radius 2 is 2.00 bits per heavy atom. The van der Waals surface area contributed by atoms with Crippen molar-refractivity contribution in [2.75, 3.05) is 21.9 Å². The third kappa shape index (κ3) is 2.08. The predicted molar refractivity (Wildman–Crippen MR) is 68.1 cm³/mol. The van der Waals surface area contributed by atoms with Crippen LogP contribution in [0.3, 0.4) is 0 Å². The summed E-state index contributed by atoms with van der Waals surface area (Å²) in [6.45, 7) is 9.70. The van der Waals surface area contributed by atoms with Gasteiger partial charge in [0.05, 0.1) is 0 Å². The van der Waals surface area contributed by atoms with Gasteiger partial charge in [-0.25, -0.2) is 0 Å². The molecular weight excluding hydrogens is 261 g/mol. The van der Waals surface area contributed by atoms with Gasteiger partial charge < -0.3 is 0 Å². The molecule has 1 saturated heterocycles. The van der Waals surface area contributed by atoms with E-state index in [1.807, 2.05) is 0 Å². The number of halogens is 1. The van der Waals surface area contributed by atoms with Gasteiger partial charge in [-0.2, -0.15) is 0 Å². The second-order valence-corrected chi connectivity index (χ2v) is 14.3. The molecule has 0 aromatic carbocycles. The summed E-state index contributed by atoms with van der Waals surface area (Å²) in [7, 11) is 0. The Balaban J connectivity index is 2.74. The molecular formula is C10H22IN. The molecule has 0 bridgehead atoms. The molecule has 0 saturated carbocycles. The fraction of sp³-hybridized carbons (Fsp3) is 0.900. The molecule has 1 nitrogen and oxygen atoms in total. The Morgan fingerprint density at radius 3 is 2.42 bits per heavy atom. The Bertz CT molecular complexity index is 176. The van der Waals surface area contributed by atoms with E-state index in [1.54, 1.807) is 0 Å². The molecule has 1 heterocycles. The number of nitrogens with one attached hydrogen (secondary N) is 1. The average molecular weight is 283 g/mol. The number of hydrogen-bond donors (Lipinski definition) is 1. The van der Waals surface area contributed by atoms with Gasteiger partial charge in [-0.15, -0.1) is 0 Å². The monoisotopic (exact) mass is 283 g/mol. The van der Waals surface area contributed by atoms with Crippen molar-refractivity contribution in [1.82, 2.24) is 5.32 Å². The molecule has 1 unspecified atom stereocenters. The molecule has 1 N–H and O–H groups in total. The van der Waals surface area contributed by atoms with E-state index in [4.69, 9.17) is 0 Å². The second-order valence-electron chi connectivity index (χ2n) is 3.47. The van der Waals surface area contributed by atoms with E-state index < -0.39 is 18.0 Å². The quantitative estimate of drug-likeness (QED) is 0.605. The van der Waals surface area contributed by atoms with Crippen molar-refractivity contribution in [2.45, 2.75) is 31.1 Å². The van der Waals surface area contributed by atoms with Gasteiger partial charge in [0.1, 0.15) is 0 Å². The van der Waals surface area contributed by atoms with Gasteiger partial charge in [0.2, 0.25) is 0 Å². The van der Waals surface area contributed by atoms with Crippen LogP contribution in [0.5, 0.6) is 0 Å². The van der Waals surface area contributed by atoms with Crippen LogP contribution in [0.25, 0.3) is 0 Å². The van der Waals surface area contributed by atoms with E-state index in [0.29, 0.717) is 0 Å². The van der Waals surface area contributed by atoms with Crippen molar-refractivity contribution in [3.8, 4) is 0 Å². The molecule has 0 aromatic rings. The van der Waals surface area contributed by atoms with Crippen LogP contribution in [0, 0.1) is 0 Å². The van der Waals surface area contributed by atoms with Crippen LogP contribution < -0.4 is 5.32 Å². The number of alkyl halides is 3. The molecule has 0 aromatic heterocycles. The van der Waals surface area contributed by atoms with Gasteiger partial charge in [0, 0.05) is 0 Å². The van der Waals surface area contributed by atoms with E-state index in [9.17, 15) is 0 Å². The fourth-order valence-corrected chi connectivity index (χ4v) is 11.5. The van der Waals surface area contributed by atoms with E-state index in [-0.39, 0.29) is 0 Å². The first-order chi connectivity index (χ1) is 5.75. The van der Waals surface area contributed by atoms with Crippen LogP contribution >= 0.6 is 18.0 Å². The van der Waals surface area contributed by atoms with E-state index >= 15 is 0 Å². The zero-order valence-electron chi connectivity index (χ0n) is 8.57. The predicted octanol–water partition coefficient (Wildman–Crippen LogP) is 2.25. The van der Waals surface area contributed by atoms with Crippen LogP contribution in [0.15, 0.2) is 0 Å². The Labute approximate surface area is 80.3 Å². The van der Waals surface area contributed by atoms with E-state index in [1.165, 1.54) is 28.4 Å². The molecule has 0 spiro atoms. The Hall–Kier alpha value is 0.560. The molecule has 2 heteroatoms. The molecule has 1 rings (SSSR count). The van der Waals surface area contributed by atoms with Crippen molar-refractivity contribution < 1.29 is 0 Å². The normalized spacial score (nSPS) is 27.6. The summed E-state index contributed by atoms with van der Waals surface area (Å²) in [6, 6.07) is 0. The van der Waals surface area contributed by atoms with Gasteiger partial charge in [0.25, 0.3) is 0 Å². The summed E-state index contributed by atoms with van der Waals surface area (Å²) in [5.74, 6) is 0. The van der Waals surface area contributed by atoms with Crippen LogP contribution in [0.2, 0.25) is 0 Å². The van der Waals surface area contributed by atoms with Gasteiger partial charge in [-0.3, -0.25) is 0 Å². The third-order valence-electron chi connectivity index (χ3n) is 2.99. The Kier molecular flexibility index (Phi) is 4.17. The maximum atomic E-state index is 3.48. The fourth-order valence-electron chi connectivity index (χ4n) is 1.82. The molecule has 12 heavy (non-hydrogen) atoms. The number of hydrogen-bond acceptors (Lipinski definition) is 1. The van der Waals surface area contributed by atoms with Crippen molar-refractivity contribution in [3.05, 3.63) is 0 Å². The molecule has 1 fully saturated rings. The van der Waals surface area contributed by atoms with E-state index in [2.05, 4.69) is 30.1 Å². The van der Waals surface area contributed by atoms with Gasteiger partial charge >= 0.3 is 80.3 Å². The van der Waals surface area contributed by atoms with Crippen molar-refractivity contribution in [3.63, 3.8) is 0 Å². The first kappa shape index (κ1) is 10.6. The summed E-state index contributed by atoms with van der Waals surface area (Å²) in [6.07, 6.45) is 1.39. The van der Waals surface area contributed by atoms with Gasteiger partial charge in [-0.05, 0) is 0 Å². The first-order valence-electron chi connectivity index (χ1n) is 4.95. The molecule has 74 valence electrons. The topological polar surface area (TPSA) is 12.0 Å². The zero-order valence-corrected chi connectivity index (χ0v) is 10.7. The molecule has 1 atom stereocenters. The van der Waals surface area contributed by atoms with Gasteiger partial charge in [-0.1, -0.05) is 0 Å². The summed E-state index contributed by atoms with van der Waals surface area (Å²) in [4.78, 5) is 0. The van der Waals surface area contributed by atoms with Crippen molar-refractivity contribution >= 4 is 22.0 Å². The Morgan fingerprint density at radius 1 is 1.42 bits per heavy atom. The first-order valence-corrected chi connectivity index (χ1v) is 10.5. The van der Waals surface area contributed by atoms with Crippen molar-refractivity contribution in [2.24, 2.45) is 0 Å². The molecule has 0 radical (unpaired) electrons. The minimum atomic E-state index is -1.39. The molecule has 0 amide bonds. The number of rotatable bonds is 2. The molecule has 1 aliphatic rings. The minimum absolute atomic E-state index is 1.03. The summed E-state index contributed by atoms with van der Waals surface area (Å²) in [5, 5.41) is 3.48. The third-order valence-corrected chi connectivity index (χ3v) is 15.7. The van der Waals surface area contributed by atoms with Crippen LogP contribution in [0.1, 0.15) is 27.2 Å². The van der Waals surface area contributed by atoms with Crippen molar-refractivity contribution in [1.29, 1.82) is 0 Å². The second kappa shape index (κ2) is 4.70. The van der Waals surface area contributed by atoms with Crippen LogP contribution in [0.4, 0.5) is 0 Å². The SMILES string of the molecule is CC=I1(C(C)CC)CCNCC1. The zero-order chi connectivity index (χ0) is 9.03. The summed E-state index contributed by atoms with van der Waals surface area (Å²) in [5.41, 5.74) is 0. The average Bonchev–Trinajstić information content (AvgIpc) is 2.17.